The highest BCUT2D eigenvalue weighted by atomic mass is 32.2. The number of nitrogens with one attached hydrogen (secondary N) is 1. The smallest absolute Gasteiger partial charge is 0.245 e. The van der Waals surface area contributed by atoms with Gasteiger partial charge in [0.2, 0.25) is 17.6 Å². The summed E-state index contributed by atoms with van der Waals surface area (Å²) in [6.45, 7) is 0.954. The number of nitrogens with zero attached hydrogens (tertiary/aromatic N) is 4. The molecule has 1 aliphatic rings. The largest absolute Gasteiger partial charge is 0.480 e. The van der Waals surface area contributed by atoms with Crippen LogP contribution in [0.3, 0.4) is 0 Å². The molecule has 3 rings (SSSR count). The summed E-state index contributed by atoms with van der Waals surface area (Å²) in [5, 5.41) is 15.2. The third kappa shape index (κ3) is 2.69. The van der Waals surface area contributed by atoms with Crippen molar-refractivity contribution < 1.29 is 9.26 Å². The molecular weight excluding hydrogens is 266 g/mol. The first kappa shape index (κ1) is 12.4. The Hall–Kier alpha value is -1.67. The van der Waals surface area contributed by atoms with Gasteiger partial charge in [0.05, 0.1) is 13.2 Å². The minimum Gasteiger partial charge on any atom is -0.480 e. The predicted octanol–water partition coefficient (Wildman–Crippen LogP) is 0.913. The van der Waals surface area contributed by atoms with E-state index in [0.717, 1.165) is 18.1 Å². The maximum Gasteiger partial charge on any atom is 0.245 e. The van der Waals surface area contributed by atoms with Crippen LogP contribution in [-0.4, -0.2) is 45.5 Å². The van der Waals surface area contributed by atoms with Gasteiger partial charge in [0.15, 0.2) is 0 Å². The summed E-state index contributed by atoms with van der Waals surface area (Å²) in [6.07, 6.45) is 0. The first-order chi connectivity index (χ1) is 9.36. The molecule has 1 aliphatic heterocycles. The molecule has 0 radical (unpaired) electrons. The molecule has 0 saturated carbocycles. The van der Waals surface area contributed by atoms with Crippen molar-refractivity contribution in [2.75, 3.05) is 25.2 Å². The monoisotopic (exact) mass is 279 g/mol. The van der Waals surface area contributed by atoms with Gasteiger partial charge in [-0.05, 0) is 6.07 Å². The van der Waals surface area contributed by atoms with Crippen LogP contribution in [0.2, 0.25) is 0 Å². The second kappa shape index (κ2) is 5.54. The van der Waals surface area contributed by atoms with E-state index in [9.17, 15) is 0 Å². The molecule has 2 aromatic rings. The fourth-order valence-corrected chi connectivity index (χ4v) is 2.68. The molecule has 0 aromatic carbocycles. The first-order valence-electron chi connectivity index (χ1n) is 5.89. The van der Waals surface area contributed by atoms with E-state index in [4.69, 9.17) is 9.26 Å². The average molecular weight is 279 g/mol. The SMILES string of the molecule is COc1ccc(-c2noc(C3CSCCN3)n2)nn1. The van der Waals surface area contributed by atoms with Gasteiger partial charge in [0, 0.05) is 24.1 Å². The summed E-state index contributed by atoms with van der Waals surface area (Å²) in [6, 6.07) is 3.59. The van der Waals surface area contributed by atoms with E-state index in [1.807, 2.05) is 11.8 Å². The van der Waals surface area contributed by atoms with Crippen molar-refractivity contribution in [2.45, 2.75) is 6.04 Å². The maximum absolute atomic E-state index is 5.28. The molecule has 1 atom stereocenters. The number of aromatic nitrogens is 4. The maximum atomic E-state index is 5.28. The topological polar surface area (TPSA) is 86.0 Å². The Labute approximate surface area is 114 Å². The van der Waals surface area contributed by atoms with Gasteiger partial charge < -0.3 is 14.6 Å². The zero-order chi connectivity index (χ0) is 13.1. The number of ether oxygens (including phenoxy) is 1. The summed E-state index contributed by atoms with van der Waals surface area (Å²) in [7, 11) is 1.54. The summed E-state index contributed by atoms with van der Waals surface area (Å²) < 4.78 is 10.2. The van der Waals surface area contributed by atoms with Crippen molar-refractivity contribution in [3.05, 3.63) is 18.0 Å². The van der Waals surface area contributed by atoms with Crippen LogP contribution in [0, 0.1) is 0 Å². The van der Waals surface area contributed by atoms with E-state index >= 15 is 0 Å². The lowest BCUT2D eigenvalue weighted by atomic mass is 10.3. The molecule has 19 heavy (non-hydrogen) atoms. The lowest BCUT2D eigenvalue weighted by Gasteiger charge is -2.19. The second-order valence-corrected chi connectivity index (χ2v) is 5.15. The van der Waals surface area contributed by atoms with E-state index < -0.39 is 0 Å². The van der Waals surface area contributed by atoms with Gasteiger partial charge in [0.1, 0.15) is 5.69 Å². The number of hydrogen-bond acceptors (Lipinski definition) is 8. The van der Waals surface area contributed by atoms with Crippen LogP contribution < -0.4 is 10.1 Å². The Morgan fingerprint density at radius 3 is 3.05 bits per heavy atom. The van der Waals surface area contributed by atoms with Crippen molar-refractivity contribution in [3.8, 4) is 17.4 Å². The van der Waals surface area contributed by atoms with Crippen LogP contribution in [0.15, 0.2) is 16.7 Å². The Morgan fingerprint density at radius 1 is 1.42 bits per heavy atom. The van der Waals surface area contributed by atoms with Gasteiger partial charge in [-0.15, -0.1) is 10.2 Å². The van der Waals surface area contributed by atoms with Crippen molar-refractivity contribution in [3.63, 3.8) is 0 Å². The molecule has 0 amide bonds. The summed E-state index contributed by atoms with van der Waals surface area (Å²) in [5.74, 6) is 3.55. The van der Waals surface area contributed by atoms with E-state index in [-0.39, 0.29) is 6.04 Å². The van der Waals surface area contributed by atoms with Crippen LogP contribution in [0.25, 0.3) is 11.5 Å². The summed E-state index contributed by atoms with van der Waals surface area (Å²) in [5.41, 5.74) is 0.569. The van der Waals surface area contributed by atoms with E-state index in [1.54, 1.807) is 19.2 Å². The minimum atomic E-state index is 0.117. The Morgan fingerprint density at radius 2 is 2.37 bits per heavy atom. The van der Waals surface area contributed by atoms with Gasteiger partial charge in [0.25, 0.3) is 0 Å². The average Bonchev–Trinajstić information content (AvgIpc) is 2.98. The third-order valence-corrected chi connectivity index (χ3v) is 3.80. The van der Waals surface area contributed by atoms with Gasteiger partial charge in [-0.1, -0.05) is 5.16 Å². The number of rotatable bonds is 3. The van der Waals surface area contributed by atoms with Crippen molar-refractivity contribution in [2.24, 2.45) is 0 Å². The van der Waals surface area contributed by atoms with Gasteiger partial charge in [-0.2, -0.15) is 16.7 Å². The standard InChI is InChI=1S/C11H13N5O2S/c1-17-9-3-2-7(14-15-9)10-13-11(18-16-10)8-6-19-5-4-12-8/h2-3,8,12H,4-6H2,1H3. The first-order valence-corrected chi connectivity index (χ1v) is 7.05. The molecule has 8 heteroatoms. The van der Waals surface area contributed by atoms with Crippen LogP contribution in [0.5, 0.6) is 5.88 Å². The summed E-state index contributed by atoms with van der Waals surface area (Å²) >= 11 is 1.87. The Balaban J connectivity index is 1.79. The Kier molecular flexibility index (Phi) is 3.60. The van der Waals surface area contributed by atoms with Crippen molar-refractivity contribution >= 4 is 11.8 Å². The molecule has 100 valence electrons. The molecule has 1 N–H and O–H groups in total. The van der Waals surface area contributed by atoms with Crippen LogP contribution in [0.4, 0.5) is 0 Å². The zero-order valence-corrected chi connectivity index (χ0v) is 11.2. The molecule has 1 unspecified atom stereocenters. The molecule has 0 spiro atoms. The lowest BCUT2D eigenvalue weighted by Crippen LogP contribution is -2.30. The number of methoxy groups -OCH3 is 1. The van der Waals surface area contributed by atoms with E-state index in [0.29, 0.717) is 23.3 Å². The highest BCUT2D eigenvalue weighted by Gasteiger charge is 2.22. The number of thioether (sulfide) groups is 1. The molecule has 1 saturated heterocycles. The van der Waals surface area contributed by atoms with Crippen LogP contribution >= 0.6 is 11.8 Å². The highest BCUT2D eigenvalue weighted by molar-refractivity contribution is 7.99. The predicted molar refractivity (Wildman–Crippen MR) is 69.9 cm³/mol. The quantitative estimate of drug-likeness (QED) is 0.887. The normalized spacial score (nSPS) is 19.3. The fourth-order valence-electron chi connectivity index (χ4n) is 1.75. The molecule has 0 bridgehead atoms. The van der Waals surface area contributed by atoms with Crippen molar-refractivity contribution in [1.29, 1.82) is 0 Å². The lowest BCUT2D eigenvalue weighted by molar-refractivity contribution is 0.342. The third-order valence-electron chi connectivity index (χ3n) is 2.74. The van der Waals surface area contributed by atoms with Gasteiger partial charge >= 0.3 is 0 Å². The second-order valence-electron chi connectivity index (χ2n) is 4.00. The Bertz CT molecular complexity index is 538. The molecule has 1 fully saturated rings. The van der Waals surface area contributed by atoms with Gasteiger partial charge in [-0.25, -0.2) is 0 Å². The molecule has 7 nitrogen and oxygen atoms in total. The fraction of sp³-hybridized carbons (Fsp3) is 0.455. The number of hydrogen-bond donors (Lipinski definition) is 1. The van der Waals surface area contributed by atoms with E-state index in [1.165, 1.54) is 0 Å². The van der Waals surface area contributed by atoms with Crippen LogP contribution in [-0.2, 0) is 0 Å². The summed E-state index contributed by atoms with van der Waals surface area (Å²) in [4.78, 5) is 4.36. The molecular formula is C11H13N5O2S. The molecule has 3 heterocycles. The molecule has 0 aliphatic carbocycles. The highest BCUT2D eigenvalue weighted by Crippen LogP contribution is 2.22. The molecule has 2 aromatic heterocycles. The van der Waals surface area contributed by atoms with E-state index in [2.05, 4.69) is 25.7 Å². The van der Waals surface area contributed by atoms with Gasteiger partial charge in [-0.3, -0.25) is 0 Å². The van der Waals surface area contributed by atoms with Crippen molar-refractivity contribution in [1.82, 2.24) is 25.7 Å². The van der Waals surface area contributed by atoms with Crippen LogP contribution in [0.1, 0.15) is 11.9 Å². The minimum absolute atomic E-state index is 0.117. The zero-order valence-electron chi connectivity index (χ0n) is 10.4.